The standard InChI is InChI=1S/C21H23Cl2N3O4S/c1-12(2)15-6-4-13(3)8-18(15)30-11-20(28)25-26-21(31)24-19(27)10-29-17-7-5-14(22)9-16(17)23/h4-9,12H,10-11H2,1-3H3,(H,25,28)(H2,24,26,27,31). The Hall–Kier alpha value is -2.55. The van der Waals surface area contributed by atoms with Gasteiger partial charge in [-0.15, -0.1) is 0 Å². The molecule has 31 heavy (non-hydrogen) atoms. The van der Waals surface area contributed by atoms with E-state index < -0.39 is 11.8 Å². The zero-order valence-electron chi connectivity index (χ0n) is 17.3. The fourth-order valence-corrected chi connectivity index (χ4v) is 3.11. The molecule has 0 saturated carbocycles. The number of hydrogen-bond acceptors (Lipinski definition) is 5. The van der Waals surface area contributed by atoms with Crippen LogP contribution >= 0.6 is 35.4 Å². The van der Waals surface area contributed by atoms with E-state index >= 15 is 0 Å². The molecule has 10 heteroatoms. The van der Waals surface area contributed by atoms with Crippen LogP contribution in [-0.2, 0) is 9.59 Å². The average molecular weight is 484 g/mol. The number of amides is 2. The van der Waals surface area contributed by atoms with Crippen LogP contribution in [0.15, 0.2) is 36.4 Å². The first-order chi connectivity index (χ1) is 14.7. The highest BCUT2D eigenvalue weighted by atomic mass is 35.5. The number of carbonyl (C=O) groups excluding carboxylic acids is 2. The van der Waals surface area contributed by atoms with Crippen molar-refractivity contribution in [3.05, 3.63) is 57.6 Å². The van der Waals surface area contributed by atoms with Crippen LogP contribution in [0.25, 0.3) is 0 Å². The zero-order chi connectivity index (χ0) is 23.0. The van der Waals surface area contributed by atoms with Gasteiger partial charge in [0.1, 0.15) is 11.5 Å². The third-order valence-corrected chi connectivity index (χ3v) is 4.71. The molecular formula is C21H23Cl2N3O4S. The number of aryl methyl sites for hydroxylation is 1. The highest BCUT2D eigenvalue weighted by Gasteiger charge is 2.12. The van der Waals surface area contributed by atoms with Gasteiger partial charge in [0.2, 0.25) is 0 Å². The lowest BCUT2D eigenvalue weighted by molar-refractivity contribution is -0.124. The van der Waals surface area contributed by atoms with Crippen LogP contribution in [0.5, 0.6) is 11.5 Å². The van der Waals surface area contributed by atoms with Crippen LogP contribution in [0.3, 0.4) is 0 Å². The van der Waals surface area contributed by atoms with E-state index in [0.29, 0.717) is 16.5 Å². The van der Waals surface area contributed by atoms with Crippen molar-refractivity contribution in [3.8, 4) is 11.5 Å². The van der Waals surface area contributed by atoms with Crippen LogP contribution in [0.2, 0.25) is 10.0 Å². The van der Waals surface area contributed by atoms with Crippen molar-refractivity contribution >= 4 is 52.3 Å². The molecule has 0 atom stereocenters. The summed E-state index contributed by atoms with van der Waals surface area (Å²) in [5, 5.41) is 3.01. The quantitative estimate of drug-likeness (QED) is 0.408. The molecule has 3 N–H and O–H groups in total. The minimum absolute atomic E-state index is 0.0948. The molecule has 2 rings (SSSR count). The van der Waals surface area contributed by atoms with E-state index in [1.165, 1.54) is 6.07 Å². The maximum absolute atomic E-state index is 12.0. The molecular weight excluding hydrogens is 461 g/mol. The first-order valence-electron chi connectivity index (χ1n) is 9.35. The highest BCUT2D eigenvalue weighted by Crippen LogP contribution is 2.28. The molecule has 166 valence electrons. The third-order valence-electron chi connectivity index (χ3n) is 3.97. The van der Waals surface area contributed by atoms with Gasteiger partial charge in [0.15, 0.2) is 18.3 Å². The van der Waals surface area contributed by atoms with Gasteiger partial charge in [0, 0.05) is 5.02 Å². The van der Waals surface area contributed by atoms with E-state index in [-0.39, 0.29) is 29.3 Å². The molecule has 0 heterocycles. The van der Waals surface area contributed by atoms with Crippen LogP contribution in [-0.4, -0.2) is 30.1 Å². The van der Waals surface area contributed by atoms with Gasteiger partial charge in [-0.2, -0.15) is 0 Å². The SMILES string of the molecule is Cc1ccc(C(C)C)c(OCC(=O)NNC(=S)NC(=O)COc2ccc(Cl)cc2Cl)c1. The molecule has 0 fully saturated rings. The van der Waals surface area contributed by atoms with Crippen LogP contribution in [0.4, 0.5) is 0 Å². The van der Waals surface area contributed by atoms with Crippen molar-refractivity contribution in [2.45, 2.75) is 26.7 Å². The molecule has 0 spiro atoms. The van der Waals surface area contributed by atoms with Crippen molar-refractivity contribution in [1.29, 1.82) is 0 Å². The van der Waals surface area contributed by atoms with Gasteiger partial charge in [-0.3, -0.25) is 25.8 Å². The summed E-state index contributed by atoms with van der Waals surface area (Å²) in [5.74, 6) is 0.221. The van der Waals surface area contributed by atoms with Gasteiger partial charge < -0.3 is 9.47 Å². The van der Waals surface area contributed by atoms with Gasteiger partial charge in [0.05, 0.1) is 5.02 Å². The lowest BCUT2D eigenvalue weighted by atomic mass is 10.0. The largest absolute Gasteiger partial charge is 0.483 e. The Balaban J connectivity index is 1.74. The summed E-state index contributed by atoms with van der Waals surface area (Å²) in [7, 11) is 0. The number of carbonyl (C=O) groups is 2. The first-order valence-corrected chi connectivity index (χ1v) is 10.5. The number of hydrogen-bond donors (Lipinski definition) is 3. The Bertz CT molecular complexity index is 970. The summed E-state index contributed by atoms with van der Waals surface area (Å²) in [5.41, 5.74) is 6.84. The van der Waals surface area contributed by atoms with Crippen molar-refractivity contribution in [3.63, 3.8) is 0 Å². The van der Waals surface area contributed by atoms with Gasteiger partial charge in [-0.25, -0.2) is 0 Å². The summed E-state index contributed by atoms with van der Waals surface area (Å²) in [6.07, 6.45) is 0. The number of hydrazine groups is 1. The maximum Gasteiger partial charge on any atom is 0.276 e. The fraction of sp³-hybridized carbons (Fsp3) is 0.286. The van der Waals surface area contributed by atoms with E-state index in [1.54, 1.807) is 12.1 Å². The molecule has 0 aliphatic heterocycles. The molecule has 0 aliphatic rings. The van der Waals surface area contributed by atoms with Crippen LogP contribution in [0.1, 0.15) is 30.9 Å². The molecule has 0 saturated heterocycles. The smallest absolute Gasteiger partial charge is 0.276 e. The molecule has 0 bridgehead atoms. The predicted octanol–water partition coefficient (Wildman–Crippen LogP) is 3.90. The van der Waals surface area contributed by atoms with Crippen LogP contribution in [0, 0.1) is 6.92 Å². The monoisotopic (exact) mass is 483 g/mol. The van der Waals surface area contributed by atoms with Crippen molar-refractivity contribution < 1.29 is 19.1 Å². The van der Waals surface area contributed by atoms with E-state index in [2.05, 4.69) is 16.2 Å². The Morgan fingerprint density at radius 3 is 2.32 bits per heavy atom. The molecule has 2 aromatic carbocycles. The van der Waals surface area contributed by atoms with E-state index in [0.717, 1.165) is 11.1 Å². The number of thiocarbonyl (C=S) groups is 1. The second kappa shape index (κ2) is 11.7. The summed E-state index contributed by atoms with van der Waals surface area (Å²) in [6.45, 7) is 5.50. The Labute approximate surface area is 196 Å². The van der Waals surface area contributed by atoms with Crippen molar-refractivity contribution in [1.82, 2.24) is 16.2 Å². The predicted molar refractivity (Wildman–Crippen MR) is 125 cm³/mol. The maximum atomic E-state index is 12.0. The summed E-state index contributed by atoms with van der Waals surface area (Å²) in [6, 6.07) is 10.5. The molecule has 2 amide bonds. The Kier molecular flexibility index (Phi) is 9.36. The second-order valence-electron chi connectivity index (χ2n) is 6.90. The Morgan fingerprint density at radius 1 is 0.968 bits per heavy atom. The number of ether oxygens (including phenoxy) is 2. The van der Waals surface area contributed by atoms with Crippen molar-refractivity contribution in [2.75, 3.05) is 13.2 Å². The molecule has 7 nitrogen and oxygen atoms in total. The number of rotatable bonds is 7. The van der Waals surface area contributed by atoms with E-state index in [1.807, 2.05) is 39.0 Å². The molecule has 2 aromatic rings. The van der Waals surface area contributed by atoms with E-state index in [4.69, 9.17) is 44.9 Å². The molecule has 0 aliphatic carbocycles. The number of halogens is 2. The third kappa shape index (κ3) is 8.24. The lowest BCUT2D eigenvalue weighted by Crippen LogP contribution is -2.50. The topological polar surface area (TPSA) is 88.7 Å². The second-order valence-corrected chi connectivity index (χ2v) is 8.15. The molecule has 0 aromatic heterocycles. The first kappa shape index (κ1) is 24.7. The van der Waals surface area contributed by atoms with Gasteiger partial charge in [0.25, 0.3) is 11.8 Å². The lowest BCUT2D eigenvalue weighted by Gasteiger charge is -2.15. The number of benzene rings is 2. The Morgan fingerprint density at radius 2 is 1.65 bits per heavy atom. The average Bonchev–Trinajstić information content (AvgIpc) is 2.69. The van der Waals surface area contributed by atoms with Gasteiger partial charge in [-0.1, -0.05) is 49.2 Å². The highest BCUT2D eigenvalue weighted by molar-refractivity contribution is 7.80. The van der Waals surface area contributed by atoms with E-state index in [9.17, 15) is 9.59 Å². The van der Waals surface area contributed by atoms with Gasteiger partial charge >= 0.3 is 0 Å². The zero-order valence-corrected chi connectivity index (χ0v) is 19.6. The minimum atomic E-state index is -0.532. The summed E-state index contributed by atoms with van der Waals surface area (Å²) >= 11 is 16.8. The summed E-state index contributed by atoms with van der Waals surface area (Å²) in [4.78, 5) is 24.0. The number of nitrogens with one attached hydrogen (secondary N) is 3. The van der Waals surface area contributed by atoms with Gasteiger partial charge in [-0.05, 0) is 60.5 Å². The fourth-order valence-electron chi connectivity index (χ4n) is 2.48. The van der Waals surface area contributed by atoms with Crippen molar-refractivity contribution in [2.24, 2.45) is 0 Å². The summed E-state index contributed by atoms with van der Waals surface area (Å²) < 4.78 is 10.9. The molecule has 0 radical (unpaired) electrons. The molecule has 0 unspecified atom stereocenters. The minimum Gasteiger partial charge on any atom is -0.483 e. The normalized spacial score (nSPS) is 10.4. The van der Waals surface area contributed by atoms with Crippen LogP contribution < -0.4 is 25.6 Å².